The number of carbonyl (C=O) groups excluding carboxylic acids is 2. The third-order valence-corrected chi connectivity index (χ3v) is 3.80. The minimum Gasteiger partial charge on any atom is -0.462 e. The highest BCUT2D eigenvalue weighted by Gasteiger charge is 2.21. The highest BCUT2D eigenvalue weighted by molar-refractivity contribution is 5.99. The monoisotopic (exact) mass is 334 g/mol. The van der Waals surface area contributed by atoms with E-state index in [0.717, 1.165) is 25.2 Å². The maximum atomic E-state index is 12.4. The fourth-order valence-electron chi connectivity index (χ4n) is 2.42. The van der Waals surface area contributed by atoms with E-state index >= 15 is 0 Å². The van der Waals surface area contributed by atoms with Crippen LogP contribution in [-0.4, -0.2) is 44.8 Å². The van der Waals surface area contributed by atoms with Crippen LogP contribution >= 0.6 is 0 Å². The summed E-state index contributed by atoms with van der Waals surface area (Å²) in [6.07, 6.45) is 0.766. The Hall–Kier alpha value is -2.08. The lowest BCUT2D eigenvalue weighted by atomic mass is 10.1. The zero-order valence-corrected chi connectivity index (χ0v) is 14.6. The Kier molecular flexibility index (Phi) is 6.61. The Morgan fingerprint density at radius 2 is 2.00 bits per heavy atom. The zero-order valence-electron chi connectivity index (χ0n) is 14.6. The van der Waals surface area contributed by atoms with Crippen molar-refractivity contribution in [3.8, 4) is 0 Å². The van der Waals surface area contributed by atoms with Gasteiger partial charge in [-0.1, -0.05) is 20.8 Å². The van der Waals surface area contributed by atoms with Crippen LogP contribution in [0.15, 0.2) is 18.2 Å². The maximum Gasteiger partial charge on any atom is 0.340 e. The maximum absolute atomic E-state index is 12.4. The van der Waals surface area contributed by atoms with Crippen molar-refractivity contribution >= 4 is 23.3 Å². The average Bonchev–Trinajstić information content (AvgIpc) is 2.60. The third kappa shape index (κ3) is 4.71. The fraction of sp³-hybridized carbons (Fsp3) is 0.556. The predicted molar refractivity (Wildman–Crippen MR) is 93.5 cm³/mol. The molecule has 1 aromatic rings. The molecular formula is C18H26N2O4. The zero-order chi connectivity index (χ0) is 17.5. The number of hydrogen-bond donors (Lipinski definition) is 1. The molecule has 1 saturated heterocycles. The smallest absolute Gasteiger partial charge is 0.340 e. The summed E-state index contributed by atoms with van der Waals surface area (Å²) in [5.74, 6) is -0.569. The van der Waals surface area contributed by atoms with E-state index in [1.165, 1.54) is 0 Å². The third-order valence-electron chi connectivity index (χ3n) is 3.80. The molecule has 0 aliphatic carbocycles. The van der Waals surface area contributed by atoms with Gasteiger partial charge in [0, 0.05) is 24.7 Å². The van der Waals surface area contributed by atoms with Gasteiger partial charge in [0.2, 0.25) is 5.91 Å². The van der Waals surface area contributed by atoms with Gasteiger partial charge in [0.05, 0.1) is 31.1 Å². The number of hydrogen-bond acceptors (Lipinski definition) is 5. The molecule has 24 heavy (non-hydrogen) atoms. The van der Waals surface area contributed by atoms with Crippen LogP contribution in [0.2, 0.25) is 0 Å². The van der Waals surface area contributed by atoms with Gasteiger partial charge >= 0.3 is 5.97 Å². The minimum absolute atomic E-state index is 0.0815. The first-order valence-corrected chi connectivity index (χ1v) is 8.47. The number of morpholine rings is 1. The van der Waals surface area contributed by atoms with Gasteiger partial charge in [-0.05, 0) is 24.6 Å². The molecule has 1 aliphatic rings. The van der Waals surface area contributed by atoms with E-state index in [0.29, 0.717) is 31.1 Å². The Labute approximate surface area is 143 Å². The first-order valence-electron chi connectivity index (χ1n) is 8.47. The van der Waals surface area contributed by atoms with Gasteiger partial charge in [-0.15, -0.1) is 0 Å². The van der Waals surface area contributed by atoms with Crippen molar-refractivity contribution in [3.63, 3.8) is 0 Å². The van der Waals surface area contributed by atoms with Crippen LogP contribution in [0.5, 0.6) is 0 Å². The molecule has 1 aromatic carbocycles. The molecule has 1 amide bonds. The summed E-state index contributed by atoms with van der Waals surface area (Å²) < 4.78 is 10.7. The summed E-state index contributed by atoms with van der Waals surface area (Å²) in [6, 6.07) is 5.38. The molecule has 0 saturated carbocycles. The number of nitrogens with zero attached hydrogens (tertiary/aromatic N) is 1. The van der Waals surface area contributed by atoms with Crippen molar-refractivity contribution in [1.82, 2.24) is 0 Å². The van der Waals surface area contributed by atoms with E-state index < -0.39 is 0 Å². The SMILES string of the molecule is CCCOC(=O)c1cc(NC(=O)C(C)C)ccc1N1CCOCC1. The van der Waals surface area contributed by atoms with Crippen molar-refractivity contribution in [2.75, 3.05) is 43.1 Å². The standard InChI is InChI=1S/C18H26N2O4/c1-4-9-24-18(22)15-12-14(19-17(21)13(2)3)5-6-16(15)20-7-10-23-11-8-20/h5-6,12-13H,4,7-11H2,1-3H3,(H,19,21). The van der Waals surface area contributed by atoms with E-state index in [-0.39, 0.29) is 17.8 Å². The number of rotatable bonds is 6. The minimum atomic E-state index is -0.362. The second kappa shape index (κ2) is 8.68. The largest absolute Gasteiger partial charge is 0.462 e. The van der Waals surface area contributed by atoms with Crippen LogP contribution in [0, 0.1) is 5.92 Å². The Balaban J connectivity index is 2.28. The molecule has 0 spiro atoms. The molecule has 0 aromatic heterocycles. The normalized spacial score (nSPS) is 14.6. The Bertz CT molecular complexity index is 580. The molecule has 0 radical (unpaired) electrons. The van der Waals surface area contributed by atoms with Gasteiger partial charge in [0.1, 0.15) is 0 Å². The van der Waals surface area contributed by atoms with Crippen LogP contribution < -0.4 is 10.2 Å². The molecule has 0 atom stereocenters. The van der Waals surface area contributed by atoms with Crippen LogP contribution in [0.25, 0.3) is 0 Å². The van der Waals surface area contributed by atoms with Crippen LogP contribution in [0.1, 0.15) is 37.6 Å². The van der Waals surface area contributed by atoms with Crippen molar-refractivity contribution in [3.05, 3.63) is 23.8 Å². The van der Waals surface area contributed by atoms with Crippen molar-refractivity contribution in [2.24, 2.45) is 5.92 Å². The lowest BCUT2D eigenvalue weighted by Gasteiger charge is -2.30. The van der Waals surface area contributed by atoms with E-state index in [2.05, 4.69) is 10.2 Å². The molecule has 132 valence electrons. The first kappa shape index (κ1) is 18.3. The number of esters is 1. The molecule has 6 heteroatoms. The van der Waals surface area contributed by atoms with Gasteiger partial charge in [-0.3, -0.25) is 4.79 Å². The molecule has 1 heterocycles. The lowest BCUT2D eigenvalue weighted by Crippen LogP contribution is -2.37. The van der Waals surface area contributed by atoms with Gasteiger partial charge in [-0.25, -0.2) is 4.79 Å². The topological polar surface area (TPSA) is 67.9 Å². The highest BCUT2D eigenvalue weighted by Crippen LogP contribution is 2.26. The van der Waals surface area contributed by atoms with Crippen molar-refractivity contribution in [2.45, 2.75) is 27.2 Å². The molecule has 1 aliphatic heterocycles. The van der Waals surface area contributed by atoms with Gasteiger partial charge in [0.25, 0.3) is 0 Å². The summed E-state index contributed by atoms with van der Waals surface area (Å²) >= 11 is 0. The lowest BCUT2D eigenvalue weighted by molar-refractivity contribution is -0.118. The van der Waals surface area contributed by atoms with Crippen LogP contribution in [-0.2, 0) is 14.3 Å². The molecular weight excluding hydrogens is 308 g/mol. The summed E-state index contributed by atoms with van der Waals surface area (Å²) in [6.45, 7) is 8.71. The van der Waals surface area contributed by atoms with Crippen molar-refractivity contribution in [1.29, 1.82) is 0 Å². The number of benzene rings is 1. The number of anilines is 2. The van der Waals surface area contributed by atoms with Crippen molar-refractivity contribution < 1.29 is 19.1 Å². The molecule has 1 fully saturated rings. The first-order chi connectivity index (χ1) is 11.5. The number of amides is 1. The average molecular weight is 334 g/mol. The van der Waals surface area contributed by atoms with E-state index in [1.807, 2.05) is 32.9 Å². The summed E-state index contributed by atoms with van der Waals surface area (Å²) in [7, 11) is 0. The summed E-state index contributed by atoms with van der Waals surface area (Å²) in [4.78, 5) is 26.5. The van der Waals surface area contributed by atoms with Gasteiger partial charge in [0.15, 0.2) is 0 Å². The number of nitrogens with one attached hydrogen (secondary N) is 1. The quantitative estimate of drug-likeness (QED) is 0.810. The number of carbonyl (C=O) groups is 2. The molecule has 2 rings (SSSR count). The molecule has 0 unspecified atom stereocenters. The highest BCUT2D eigenvalue weighted by atomic mass is 16.5. The molecule has 1 N–H and O–H groups in total. The van der Waals surface area contributed by atoms with E-state index in [1.54, 1.807) is 6.07 Å². The second-order valence-electron chi connectivity index (χ2n) is 6.11. The second-order valence-corrected chi connectivity index (χ2v) is 6.11. The summed E-state index contributed by atoms with van der Waals surface area (Å²) in [5, 5.41) is 2.83. The number of ether oxygens (including phenoxy) is 2. The molecule has 0 bridgehead atoms. The fourth-order valence-corrected chi connectivity index (χ4v) is 2.42. The Morgan fingerprint density at radius 3 is 2.62 bits per heavy atom. The van der Waals surface area contributed by atoms with Crippen LogP contribution in [0.4, 0.5) is 11.4 Å². The Morgan fingerprint density at radius 1 is 1.29 bits per heavy atom. The van der Waals surface area contributed by atoms with E-state index in [9.17, 15) is 9.59 Å². The van der Waals surface area contributed by atoms with Gasteiger partial charge in [-0.2, -0.15) is 0 Å². The summed E-state index contributed by atoms with van der Waals surface area (Å²) in [5.41, 5.74) is 1.91. The predicted octanol–water partition coefficient (Wildman–Crippen LogP) is 2.68. The van der Waals surface area contributed by atoms with Gasteiger partial charge < -0.3 is 19.7 Å². The molecule has 6 nitrogen and oxygen atoms in total. The van der Waals surface area contributed by atoms with Crippen LogP contribution in [0.3, 0.4) is 0 Å². The van der Waals surface area contributed by atoms with E-state index in [4.69, 9.17) is 9.47 Å².